The van der Waals surface area contributed by atoms with Crippen LogP contribution in [0.5, 0.6) is 5.75 Å². The molecule has 0 unspecified atom stereocenters. The molecular weight excluding hydrogens is 327 g/mol. The van der Waals surface area contributed by atoms with Gasteiger partial charge in [0.2, 0.25) is 0 Å². The zero-order valence-electron chi connectivity index (χ0n) is 12.4. The number of halogens is 3. The molecular formula is C15H16F3N3OS. The van der Waals surface area contributed by atoms with Gasteiger partial charge in [-0.2, -0.15) is 0 Å². The quantitative estimate of drug-likeness (QED) is 0.634. The standard InChI is InChI=1S/C15H16F3N3OS/c1-2-10-7-8-11(23-10)9-20-14(19)21-12-5-3-4-6-13(12)22-15(16,17)18/h3-8H,2,9H2,1H3,(H3,19,20,21). The van der Waals surface area contributed by atoms with Gasteiger partial charge in [0.15, 0.2) is 11.7 Å². The lowest BCUT2D eigenvalue weighted by Gasteiger charge is -2.14. The predicted octanol–water partition coefficient (Wildman–Crippen LogP) is 4.14. The van der Waals surface area contributed by atoms with Gasteiger partial charge < -0.3 is 15.8 Å². The molecule has 0 saturated heterocycles. The molecule has 0 aliphatic heterocycles. The summed E-state index contributed by atoms with van der Waals surface area (Å²) in [7, 11) is 0. The molecule has 0 amide bonds. The summed E-state index contributed by atoms with van der Waals surface area (Å²) in [6.07, 6.45) is -3.82. The second kappa shape index (κ2) is 7.36. The van der Waals surface area contributed by atoms with Crippen LogP contribution in [0.4, 0.5) is 18.9 Å². The van der Waals surface area contributed by atoms with E-state index in [1.54, 1.807) is 17.4 Å². The Kier molecular flexibility index (Phi) is 5.49. The fourth-order valence-electron chi connectivity index (χ4n) is 1.82. The number of nitrogens with zero attached hydrogens (tertiary/aromatic N) is 1. The molecule has 4 nitrogen and oxygen atoms in total. The summed E-state index contributed by atoms with van der Waals surface area (Å²) in [6, 6.07) is 9.63. The number of aliphatic imine (C=N–C) groups is 1. The number of hydrogen-bond donors (Lipinski definition) is 2. The van der Waals surface area contributed by atoms with Crippen LogP contribution in [0, 0.1) is 0 Å². The van der Waals surface area contributed by atoms with E-state index in [2.05, 4.69) is 22.0 Å². The fourth-order valence-corrected chi connectivity index (χ4v) is 2.70. The average molecular weight is 343 g/mol. The first-order valence-electron chi connectivity index (χ1n) is 6.86. The van der Waals surface area contributed by atoms with Gasteiger partial charge in [-0.25, -0.2) is 4.99 Å². The normalized spacial score (nSPS) is 12.3. The van der Waals surface area contributed by atoms with Crippen LogP contribution in [0.25, 0.3) is 0 Å². The molecule has 23 heavy (non-hydrogen) atoms. The summed E-state index contributed by atoms with van der Waals surface area (Å²) in [5, 5.41) is 2.63. The molecule has 1 heterocycles. The topological polar surface area (TPSA) is 59.6 Å². The Morgan fingerprint density at radius 1 is 1.22 bits per heavy atom. The Morgan fingerprint density at radius 2 is 1.91 bits per heavy atom. The van der Waals surface area contributed by atoms with Gasteiger partial charge in [0.25, 0.3) is 0 Å². The first-order chi connectivity index (χ1) is 10.9. The molecule has 124 valence electrons. The highest BCUT2D eigenvalue weighted by Crippen LogP contribution is 2.29. The van der Waals surface area contributed by atoms with Crippen molar-refractivity contribution in [2.45, 2.75) is 26.3 Å². The molecule has 1 aromatic heterocycles. The zero-order valence-corrected chi connectivity index (χ0v) is 13.2. The van der Waals surface area contributed by atoms with E-state index in [1.807, 2.05) is 12.1 Å². The van der Waals surface area contributed by atoms with E-state index >= 15 is 0 Å². The number of guanidine groups is 1. The van der Waals surface area contributed by atoms with Gasteiger partial charge in [-0.15, -0.1) is 24.5 Å². The van der Waals surface area contributed by atoms with Crippen LogP contribution in [-0.4, -0.2) is 12.3 Å². The number of ether oxygens (including phenoxy) is 1. The third-order valence-electron chi connectivity index (χ3n) is 2.85. The van der Waals surface area contributed by atoms with Gasteiger partial charge in [-0.05, 0) is 30.7 Å². The van der Waals surface area contributed by atoms with Gasteiger partial charge >= 0.3 is 6.36 Å². The van der Waals surface area contributed by atoms with Crippen LogP contribution in [-0.2, 0) is 13.0 Å². The predicted molar refractivity (Wildman–Crippen MR) is 85.8 cm³/mol. The van der Waals surface area contributed by atoms with E-state index in [9.17, 15) is 13.2 Å². The lowest BCUT2D eigenvalue weighted by Crippen LogP contribution is -2.24. The zero-order chi connectivity index (χ0) is 16.9. The Bertz CT molecular complexity index is 683. The van der Waals surface area contributed by atoms with E-state index in [1.165, 1.54) is 23.1 Å². The van der Waals surface area contributed by atoms with Crippen molar-refractivity contribution >= 4 is 23.0 Å². The minimum Gasteiger partial charge on any atom is -0.404 e. The van der Waals surface area contributed by atoms with Crippen molar-refractivity contribution in [3.8, 4) is 5.75 Å². The number of aryl methyl sites for hydroxylation is 1. The molecule has 0 atom stereocenters. The average Bonchev–Trinajstić information content (AvgIpc) is 2.94. The minimum absolute atomic E-state index is 0.0228. The number of benzene rings is 1. The third-order valence-corrected chi connectivity index (χ3v) is 4.06. The molecule has 0 fully saturated rings. The van der Waals surface area contributed by atoms with Crippen molar-refractivity contribution in [3.63, 3.8) is 0 Å². The van der Waals surface area contributed by atoms with Crippen molar-refractivity contribution < 1.29 is 17.9 Å². The smallest absolute Gasteiger partial charge is 0.404 e. The fraction of sp³-hybridized carbons (Fsp3) is 0.267. The summed E-state index contributed by atoms with van der Waals surface area (Å²) in [6.45, 7) is 2.43. The first-order valence-corrected chi connectivity index (χ1v) is 7.68. The molecule has 0 aliphatic rings. The number of nitrogens with one attached hydrogen (secondary N) is 1. The molecule has 1 aromatic carbocycles. The summed E-state index contributed by atoms with van der Waals surface area (Å²) >= 11 is 1.63. The van der Waals surface area contributed by atoms with E-state index in [4.69, 9.17) is 5.73 Å². The first kappa shape index (κ1) is 17.1. The van der Waals surface area contributed by atoms with Gasteiger partial charge in [0.1, 0.15) is 0 Å². The highest BCUT2D eigenvalue weighted by Gasteiger charge is 2.32. The lowest BCUT2D eigenvalue weighted by molar-refractivity contribution is -0.274. The highest BCUT2D eigenvalue weighted by molar-refractivity contribution is 7.11. The Morgan fingerprint density at radius 3 is 2.57 bits per heavy atom. The number of hydrogen-bond acceptors (Lipinski definition) is 3. The third kappa shape index (κ3) is 5.48. The van der Waals surface area contributed by atoms with E-state index < -0.39 is 6.36 Å². The Labute approximate surface area is 135 Å². The van der Waals surface area contributed by atoms with E-state index in [-0.39, 0.29) is 17.4 Å². The summed E-state index contributed by atoms with van der Waals surface area (Å²) < 4.78 is 41.0. The van der Waals surface area contributed by atoms with Crippen molar-refractivity contribution in [2.75, 3.05) is 5.32 Å². The number of alkyl halides is 3. The van der Waals surface area contributed by atoms with Crippen LogP contribution >= 0.6 is 11.3 Å². The number of thiophene rings is 1. The van der Waals surface area contributed by atoms with Crippen LogP contribution in [0.3, 0.4) is 0 Å². The second-order valence-electron chi connectivity index (χ2n) is 4.59. The highest BCUT2D eigenvalue weighted by atomic mass is 32.1. The van der Waals surface area contributed by atoms with Crippen LogP contribution in [0.1, 0.15) is 16.7 Å². The monoisotopic (exact) mass is 343 g/mol. The van der Waals surface area contributed by atoms with Crippen molar-refractivity contribution in [1.29, 1.82) is 0 Å². The van der Waals surface area contributed by atoms with E-state index in [0.29, 0.717) is 6.54 Å². The summed E-state index contributed by atoms with van der Waals surface area (Å²) in [5.74, 6) is -0.336. The molecule has 0 saturated carbocycles. The van der Waals surface area contributed by atoms with Crippen LogP contribution < -0.4 is 15.8 Å². The number of anilines is 1. The van der Waals surface area contributed by atoms with Gasteiger partial charge in [-0.1, -0.05) is 19.1 Å². The van der Waals surface area contributed by atoms with E-state index in [0.717, 1.165) is 11.3 Å². The summed E-state index contributed by atoms with van der Waals surface area (Å²) in [4.78, 5) is 6.41. The van der Waals surface area contributed by atoms with Crippen molar-refractivity contribution in [3.05, 3.63) is 46.2 Å². The molecule has 0 radical (unpaired) electrons. The van der Waals surface area contributed by atoms with Gasteiger partial charge in [0, 0.05) is 9.75 Å². The molecule has 0 bridgehead atoms. The number of nitrogens with two attached hydrogens (primary N) is 1. The Balaban J connectivity index is 2.04. The maximum atomic E-state index is 12.4. The number of para-hydroxylation sites is 2. The SMILES string of the molecule is CCc1ccc(CN=C(N)Nc2ccccc2OC(F)(F)F)s1. The summed E-state index contributed by atoms with van der Waals surface area (Å²) in [5.41, 5.74) is 5.84. The molecule has 8 heteroatoms. The maximum absolute atomic E-state index is 12.4. The molecule has 0 aliphatic carbocycles. The van der Waals surface area contributed by atoms with Gasteiger partial charge in [0.05, 0.1) is 12.2 Å². The Hall–Kier alpha value is -2.22. The largest absolute Gasteiger partial charge is 0.573 e. The van der Waals surface area contributed by atoms with Crippen LogP contribution in [0.15, 0.2) is 41.4 Å². The molecule has 2 rings (SSSR count). The number of rotatable bonds is 5. The molecule has 0 spiro atoms. The van der Waals surface area contributed by atoms with Crippen molar-refractivity contribution in [1.82, 2.24) is 0 Å². The van der Waals surface area contributed by atoms with Crippen molar-refractivity contribution in [2.24, 2.45) is 10.7 Å². The molecule has 3 N–H and O–H groups in total. The lowest BCUT2D eigenvalue weighted by atomic mass is 10.3. The molecule has 2 aromatic rings. The maximum Gasteiger partial charge on any atom is 0.573 e. The minimum atomic E-state index is -4.77. The second-order valence-corrected chi connectivity index (χ2v) is 5.84. The van der Waals surface area contributed by atoms with Gasteiger partial charge in [-0.3, -0.25) is 0 Å². The van der Waals surface area contributed by atoms with Crippen LogP contribution in [0.2, 0.25) is 0 Å².